The second-order valence-corrected chi connectivity index (χ2v) is 8.21. The van der Waals surface area contributed by atoms with E-state index in [-0.39, 0.29) is 30.1 Å². The monoisotopic (exact) mass is 709 g/mol. The molecule has 0 unspecified atom stereocenters. The Morgan fingerprint density at radius 2 is 1.42 bits per heavy atom. The minimum Gasteiger partial charge on any atom is -0.458 e. The van der Waals surface area contributed by atoms with Crippen molar-refractivity contribution in [3.05, 3.63) is 21.8 Å². The van der Waals surface area contributed by atoms with Crippen molar-refractivity contribution >= 4 is 119 Å². The molecule has 6 nitrogen and oxygen atoms in total. The normalized spacial score (nSPS) is 10.2. The molecule has 1 aromatic carbocycles. The maximum absolute atomic E-state index is 11.7. The molecule has 1 aromatic rings. The maximum Gasteiger partial charge on any atom is 0.303 e. The van der Waals surface area contributed by atoms with Crippen LogP contribution in [0.4, 0.5) is 5.69 Å². The molecule has 130 valence electrons. The number of halogens is 5. The summed E-state index contributed by atoms with van der Waals surface area (Å²) in [6.07, 6.45) is 0. The summed E-state index contributed by atoms with van der Waals surface area (Å²) >= 11 is 16.8. The lowest BCUT2D eigenvalue weighted by Gasteiger charge is -2.17. The van der Waals surface area contributed by atoms with Crippen LogP contribution in [0.5, 0.6) is 0 Å². The fraction of sp³-hybridized carbons (Fsp3) is 0.231. The van der Waals surface area contributed by atoms with Crippen LogP contribution in [0.3, 0.4) is 0 Å². The SMILES string of the molecule is CC(=O)OCC(=O)CNc1c(I)c(C(=O)Cl)c(I)c(C(=O)Cl)c1I. The lowest BCUT2D eigenvalue weighted by atomic mass is 10.1. The summed E-state index contributed by atoms with van der Waals surface area (Å²) in [6, 6.07) is 0. The second-order valence-electron chi connectivity index (χ2n) is 4.29. The number of rotatable bonds is 7. The molecule has 0 amide bonds. The summed E-state index contributed by atoms with van der Waals surface area (Å²) in [5.74, 6) is -0.945. The van der Waals surface area contributed by atoms with Crippen LogP contribution < -0.4 is 5.32 Å². The average molecular weight is 710 g/mol. The van der Waals surface area contributed by atoms with Crippen molar-refractivity contribution in [3.8, 4) is 0 Å². The number of ether oxygens (including phenoxy) is 1. The predicted molar refractivity (Wildman–Crippen MR) is 115 cm³/mol. The van der Waals surface area contributed by atoms with Crippen LogP contribution in [0.15, 0.2) is 0 Å². The first-order valence-corrected chi connectivity index (χ1v) is 10.1. The molecule has 0 aliphatic heterocycles. The summed E-state index contributed by atoms with van der Waals surface area (Å²) in [7, 11) is 0. The van der Waals surface area contributed by atoms with Crippen molar-refractivity contribution in [1.82, 2.24) is 0 Å². The Labute approximate surface area is 188 Å². The number of hydrogen-bond donors (Lipinski definition) is 1. The molecule has 0 fully saturated rings. The Kier molecular flexibility index (Phi) is 9.14. The van der Waals surface area contributed by atoms with Crippen LogP contribution in [0.25, 0.3) is 0 Å². The zero-order valence-electron chi connectivity index (χ0n) is 11.8. The van der Waals surface area contributed by atoms with Gasteiger partial charge in [-0.15, -0.1) is 0 Å². The molecule has 24 heavy (non-hydrogen) atoms. The third kappa shape index (κ3) is 5.64. The summed E-state index contributed by atoms with van der Waals surface area (Å²) in [5, 5.41) is 1.36. The van der Waals surface area contributed by atoms with Crippen molar-refractivity contribution in [3.63, 3.8) is 0 Å². The minimum absolute atomic E-state index is 0.136. The molecule has 1 rings (SSSR count). The van der Waals surface area contributed by atoms with Gasteiger partial charge in [0.2, 0.25) is 0 Å². The van der Waals surface area contributed by atoms with Gasteiger partial charge in [0.05, 0.1) is 30.5 Å². The van der Waals surface area contributed by atoms with Gasteiger partial charge in [-0.05, 0) is 91.0 Å². The molecule has 0 atom stereocenters. The van der Waals surface area contributed by atoms with Crippen LogP contribution >= 0.6 is 91.0 Å². The van der Waals surface area contributed by atoms with Gasteiger partial charge >= 0.3 is 5.97 Å². The molecule has 0 spiro atoms. The molecular weight excluding hydrogens is 702 g/mol. The molecule has 11 heteroatoms. The average Bonchev–Trinajstić information content (AvgIpc) is 2.43. The molecule has 0 saturated carbocycles. The van der Waals surface area contributed by atoms with E-state index in [0.29, 0.717) is 16.4 Å². The van der Waals surface area contributed by atoms with E-state index in [0.717, 1.165) is 0 Å². The van der Waals surface area contributed by atoms with E-state index in [1.54, 1.807) is 0 Å². The maximum atomic E-state index is 11.7. The Bertz CT molecular complexity index is 698. The van der Waals surface area contributed by atoms with Gasteiger partial charge < -0.3 is 10.1 Å². The highest BCUT2D eigenvalue weighted by atomic mass is 127. The van der Waals surface area contributed by atoms with Crippen molar-refractivity contribution in [2.45, 2.75) is 6.92 Å². The van der Waals surface area contributed by atoms with Crippen LogP contribution in [0, 0.1) is 10.7 Å². The Balaban J connectivity index is 3.23. The first-order valence-electron chi connectivity index (χ1n) is 6.06. The van der Waals surface area contributed by atoms with Crippen LogP contribution in [0.2, 0.25) is 0 Å². The van der Waals surface area contributed by atoms with Gasteiger partial charge in [0.15, 0.2) is 12.4 Å². The smallest absolute Gasteiger partial charge is 0.303 e. The highest BCUT2D eigenvalue weighted by Crippen LogP contribution is 2.37. The van der Waals surface area contributed by atoms with Gasteiger partial charge in [0.1, 0.15) is 0 Å². The standard InChI is InChI=1S/C13H8Cl2I3NO5/c1-4(20)24-3-5(21)2-19-11-9(17)6(12(14)22)8(16)7(10(11)18)13(15)23/h19H,2-3H2,1H3. The van der Waals surface area contributed by atoms with E-state index in [4.69, 9.17) is 23.2 Å². The zero-order valence-corrected chi connectivity index (χ0v) is 19.8. The number of carbonyl (C=O) groups is 4. The van der Waals surface area contributed by atoms with Crippen molar-refractivity contribution < 1.29 is 23.9 Å². The molecule has 0 aromatic heterocycles. The molecular formula is C13H8Cl2I3NO5. The summed E-state index contributed by atoms with van der Waals surface area (Å²) in [6.45, 7) is 0.663. The lowest BCUT2D eigenvalue weighted by Crippen LogP contribution is -2.22. The number of benzene rings is 1. The fourth-order valence-electron chi connectivity index (χ4n) is 1.58. The Morgan fingerprint density at radius 1 is 0.958 bits per heavy atom. The highest BCUT2D eigenvalue weighted by Gasteiger charge is 2.26. The number of anilines is 1. The first kappa shape index (κ1) is 22.3. The van der Waals surface area contributed by atoms with Gasteiger partial charge in [0.25, 0.3) is 10.5 Å². The second kappa shape index (κ2) is 9.83. The Hall–Kier alpha value is 0.270. The quantitative estimate of drug-likeness (QED) is 0.264. The summed E-state index contributed by atoms with van der Waals surface area (Å²) in [4.78, 5) is 45.8. The van der Waals surface area contributed by atoms with E-state index in [1.165, 1.54) is 6.92 Å². The third-order valence-electron chi connectivity index (χ3n) is 2.61. The van der Waals surface area contributed by atoms with Gasteiger partial charge in [-0.1, -0.05) is 0 Å². The third-order valence-corrected chi connectivity index (χ3v) is 6.22. The molecule has 0 bridgehead atoms. The molecule has 0 heterocycles. The summed E-state index contributed by atoms with van der Waals surface area (Å²) in [5.41, 5.74) is 0.662. The van der Waals surface area contributed by atoms with Crippen LogP contribution in [-0.2, 0) is 14.3 Å². The van der Waals surface area contributed by atoms with Crippen LogP contribution in [0.1, 0.15) is 27.6 Å². The van der Waals surface area contributed by atoms with E-state index in [9.17, 15) is 19.2 Å². The zero-order chi connectivity index (χ0) is 18.6. The molecule has 0 aliphatic rings. The van der Waals surface area contributed by atoms with Gasteiger partial charge in [-0.2, -0.15) is 0 Å². The number of carbonyl (C=O) groups excluding carboxylic acids is 4. The largest absolute Gasteiger partial charge is 0.458 e. The van der Waals surface area contributed by atoms with Gasteiger partial charge in [-0.3, -0.25) is 19.2 Å². The topological polar surface area (TPSA) is 89.5 Å². The minimum atomic E-state index is -0.742. The van der Waals surface area contributed by atoms with Crippen molar-refractivity contribution in [2.75, 3.05) is 18.5 Å². The summed E-state index contributed by atoms with van der Waals surface area (Å²) < 4.78 is 5.88. The number of nitrogens with one attached hydrogen (secondary N) is 1. The number of esters is 1. The molecule has 0 saturated heterocycles. The van der Waals surface area contributed by atoms with Crippen molar-refractivity contribution in [1.29, 1.82) is 0 Å². The van der Waals surface area contributed by atoms with E-state index in [1.807, 2.05) is 67.8 Å². The number of Topliss-reactive ketones (excluding diaryl/α,β-unsaturated/α-hetero) is 1. The number of hydrogen-bond acceptors (Lipinski definition) is 6. The van der Waals surface area contributed by atoms with E-state index < -0.39 is 16.5 Å². The van der Waals surface area contributed by atoms with E-state index >= 15 is 0 Å². The van der Waals surface area contributed by atoms with Gasteiger partial charge in [-0.25, -0.2) is 0 Å². The number of ketones is 1. The fourth-order valence-corrected chi connectivity index (χ4v) is 7.13. The predicted octanol–water partition coefficient (Wildman–Crippen LogP) is 3.80. The molecule has 0 aliphatic carbocycles. The van der Waals surface area contributed by atoms with E-state index in [2.05, 4.69) is 10.1 Å². The molecule has 1 N–H and O–H groups in total. The highest BCUT2D eigenvalue weighted by molar-refractivity contribution is 14.1. The molecule has 0 radical (unpaired) electrons. The van der Waals surface area contributed by atoms with Crippen molar-refractivity contribution in [2.24, 2.45) is 0 Å². The lowest BCUT2D eigenvalue weighted by molar-refractivity contribution is -0.145. The first-order chi connectivity index (χ1) is 11.1. The Morgan fingerprint density at radius 3 is 1.79 bits per heavy atom. The van der Waals surface area contributed by atoms with Crippen LogP contribution in [-0.4, -0.2) is 35.4 Å². The van der Waals surface area contributed by atoms with Gasteiger partial charge in [0, 0.05) is 10.5 Å².